The molecule has 4 N–H and O–H groups in total. The molecule has 0 aliphatic carbocycles. The second-order valence-corrected chi connectivity index (χ2v) is 5.66. The number of pyridine rings is 1. The lowest BCUT2D eigenvalue weighted by atomic mass is 10.1. The number of halogens is 1. The molecule has 0 spiro atoms. The van der Waals surface area contributed by atoms with Crippen molar-refractivity contribution in [2.24, 2.45) is 0 Å². The number of amides is 1. The summed E-state index contributed by atoms with van der Waals surface area (Å²) in [7, 11) is 1.45. The van der Waals surface area contributed by atoms with Crippen LogP contribution in [0.15, 0.2) is 30.3 Å². The third-order valence-electron chi connectivity index (χ3n) is 3.63. The van der Waals surface area contributed by atoms with E-state index in [1.165, 1.54) is 19.2 Å². The summed E-state index contributed by atoms with van der Waals surface area (Å²) in [6, 6.07) is 8.39. The molecule has 0 saturated carbocycles. The highest BCUT2D eigenvalue weighted by Gasteiger charge is 2.09. The van der Waals surface area contributed by atoms with Crippen LogP contribution in [-0.2, 0) is 6.42 Å². The summed E-state index contributed by atoms with van der Waals surface area (Å²) in [6.45, 7) is 2.57. The van der Waals surface area contributed by atoms with E-state index in [0.717, 1.165) is 30.5 Å². The van der Waals surface area contributed by atoms with E-state index >= 15 is 0 Å². The lowest BCUT2D eigenvalue weighted by Crippen LogP contribution is -2.24. The van der Waals surface area contributed by atoms with Crippen LogP contribution in [0.25, 0.3) is 0 Å². The van der Waals surface area contributed by atoms with E-state index in [4.69, 9.17) is 10.5 Å². The molecule has 0 aliphatic rings. The zero-order valence-electron chi connectivity index (χ0n) is 14.4. The number of aryl methyl sites for hydroxylation is 2. The van der Waals surface area contributed by atoms with Crippen molar-refractivity contribution in [2.75, 3.05) is 19.4 Å². The van der Waals surface area contributed by atoms with Gasteiger partial charge in [-0.3, -0.25) is 4.79 Å². The molecule has 136 valence electrons. The highest BCUT2D eigenvalue weighted by atomic mass is 35.5. The number of nitrogens with one attached hydrogen (secondary N) is 1. The van der Waals surface area contributed by atoms with Crippen molar-refractivity contribution >= 4 is 24.1 Å². The Hall–Kier alpha value is -2.47. The minimum Gasteiger partial charge on any atom is -0.504 e. The Morgan fingerprint density at radius 1 is 1.28 bits per heavy atom. The van der Waals surface area contributed by atoms with Crippen LogP contribution < -0.4 is 15.8 Å². The fourth-order valence-corrected chi connectivity index (χ4v) is 2.45. The van der Waals surface area contributed by atoms with Crippen molar-refractivity contribution in [1.29, 1.82) is 0 Å². The van der Waals surface area contributed by atoms with Crippen LogP contribution in [0.2, 0.25) is 0 Å². The second kappa shape index (κ2) is 9.74. The number of phenols is 1. The van der Waals surface area contributed by atoms with Crippen LogP contribution in [0.3, 0.4) is 0 Å². The molecule has 0 radical (unpaired) electrons. The van der Waals surface area contributed by atoms with Gasteiger partial charge in [-0.15, -0.1) is 12.4 Å². The highest BCUT2D eigenvalue weighted by molar-refractivity contribution is 5.94. The number of benzene rings is 1. The number of nitrogen functional groups attached to an aromatic ring is 1. The predicted octanol–water partition coefficient (Wildman–Crippen LogP) is 2.86. The van der Waals surface area contributed by atoms with Crippen molar-refractivity contribution in [3.8, 4) is 11.5 Å². The zero-order chi connectivity index (χ0) is 17.5. The van der Waals surface area contributed by atoms with Gasteiger partial charge in [-0.2, -0.15) is 0 Å². The van der Waals surface area contributed by atoms with E-state index in [2.05, 4.69) is 10.3 Å². The Labute approximate surface area is 153 Å². The number of nitrogens with two attached hydrogens (primary N) is 1. The quantitative estimate of drug-likeness (QED) is 0.655. The molecule has 1 aromatic carbocycles. The Kier molecular flexibility index (Phi) is 8.01. The number of carbonyl (C=O) groups excluding carboxylic acids is 1. The van der Waals surface area contributed by atoms with E-state index in [1.807, 2.05) is 19.1 Å². The molecule has 1 amide bonds. The largest absolute Gasteiger partial charge is 0.504 e. The van der Waals surface area contributed by atoms with Crippen molar-refractivity contribution < 1.29 is 14.6 Å². The zero-order valence-corrected chi connectivity index (χ0v) is 15.2. The summed E-state index contributed by atoms with van der Waals surface area (Å²) in [5, 5.41) is 12.4. The average molecular weight is 366 g/mol. The number of anilines is 1. The number of nitrogens with zero attached hydrogens (tertiary/aromatic N) is 1. The van der Waals surface area contributed by atoms with E-state index in [-0.39, 0.29) is 29.8 Å². The Morgan fingerprint density at radius 3 is 2.72 bits per heavy atom. The van der Waals surface area contributed by atoms with Gasteiger partial charge in [0.15, 0.2) is 11.5 Å². The first kappa shape index (κ1) is 20.6. The lowest BCUT2D eigenvalue weighted by molar-refractivity contribution is 0.0952. The summed E-state index contributed by atoms with van der Waals surface area (Å²) in [5.41, 5.74) is 8.27. The van der Waals surface area contributed by atoms with Crippen LogP contribution in [0.5, 0.6) is 11.5 Å². The third-order valence-corrected chi connectivity index (χ3v) is 3.63. The van der Waals surface area contributed by atoms with Crippen molar-refractivity contribution in [3.63, 3.8) is 0 Å². The molecule has 0 aliphatic heterocycles. The van der Waals surface area contributed by atoms with Crippen molar-refractivity contribution in [3.05, 3.63) is 47.2 Å². The Bertz CT molecular complexity index is 702. The SMILES string of the molecule is COc1cc(C(=O)NCCCCc2cc(C)cc(N)n2)ccc1O.Cl. The maximum Gasteiger partial charge on any atom is 0.251 e. The van der Waals surface area contributed by atoms with Gasteiger partial charge in [0.25, 0.3) is 5.91 Å². The van der Waals surface area contributed by atoms with Crippen molar-refractivity contribution in [1.82, 2.24) is 10.3 Å². The first-order valence-electron chi connectivity index (χ1n) is 7.88. The number of hydrogen-bond donors (Lipinski definition) is 3. The topological polar surface area (TPSA) is 97.5 Å². The first-order chi connectivity index (χ1) is 11.5. The molecule has 0 unspecified atom stereocenters. The van der Waals surface area contributed by atoms with Crippen LogP contribution in [0, 0.1) is 6.92 Å². The summed E-state index contributed by atoms with van der Waals surface area (Å²) >= 11 is 0. The number of methoxy groups -OCH3 is 1. The van der Waals surface area contributed by atoms with Crippen molar-refractivity contribution in [2.45, 2.75) is 26.2 Å². The standard InChI is InChI=1S/C18H23N3O3.ClH/c1-12-9-14(21-17(19)10-12)5-3-4-8-20-18(23)13-6-7-15(22)16(11-13)24-2;/h6-7,9-11,22H,3-5,8H2,1-2H3,(H2,19,21)(H,20,23);1H. The van der Waals surface area contributed by atoms with Gasteiger partial charge < -0.3 is 20.9 Å². The minimum absolute atomic E-state index is 0. The van der Waals surface area contributed by atoms with E-state index in [1.54, 1.807) is 6.07 Å². The number of rotatable bonds is 7. The molecule has 2 rings (SSSR count). The molecular formula is C18H24ClN3O3. The lowest BCUT2D eigenvalue weighted by Gasteiger charge is -2.08. The third kappa shape index (κ3) is 6.15. The minimum atomic E-state index is -0.189. The molecule has 25 heavy (non-hydrogen) atoms. The molecule has 2 aromatic rings. The fraction of sp³-hybridized carbons (Fsp3) is 0.333. The molecule has 0 saturated heterocycles. The van der Waals surface area contributed by atoms with Gasteiger partial charge in [0.2, 0.25) is 0 Å². The number of ether oxygens (including phenoxy) is 1. The molecule has 1 heterocycles. The summed E-state index contributed by atoms with van der Waals surface area (Å²) < 4.78 is 5.00. The maximum atomic E-state index is 12.1. The molecule has 0 atom stereocenters. The second-order valence-electron chi connectivity index (χ2n) is 5.66. The van der Waals surface area contributed by atoms with E-state index < -0.39 is 0 Å². The maximum absolute atomic E-state index is 12.1. The molecule has 0 bridgehead atoms. The molecule has 0 fully saturated rings. The summed E-state index contributed by atoms with van der Waals surface area (Å²) in [5.74, 6) is 0.649. The molecule has 6 nitrogen and oxygen atoms in total. The molecule has 7 heteroatoms. The summed E-state index contributed by atoms with van der Waals surface area (Å²) in [6.07, 6.45) is 2.58. The van der Waals surface area contributed by atoms with E-state index in [9.17, 15) is 9.90 Å². The number of carbonyl (C=O) groups is 1. The normalized spacial score (nSPS) is 10.0. The van der Waals surface area contributed by atoms with Gasteiger partial charge in [-0.05, 0) is 62.1 Å². The first-order valence-corrected chi connectivity index (χ1v) is 7.88. The monoisotopic (exact) mass is 365 g/mol. The Morgan fingerprint density at radius 2 is 2.04 bits per heavy atom. The number of hydrogen-bond acceptors (Lipinski definition) is 5. The average Bonchev–Trinajstić information content (AvgIpc) is 2.54. The predicted molar refractivity (Wildman–Crippen MR) is 101 cm³/mol. The van der Waals surface area contributed by atoms with Gasteiger partial charge in [0, 0.05) is 17.8 Å². The number of phenolic OH excluding ortho intramolecular Hbond substituents is 1. The van der Waals surface area contributed by atoms with Gasteiger partial charge in [0.05, 0.1) is 7.11 Å². The van der Waals surface area contributed by atoms with Crippen LogP contribution in [0.4, 0.5) is 5.82 Å². The molecular weight excluding hydrogens is 342 g/mol. The molecule has 1 aromatic heterocycles. The Balaban J connectivity index is 0.00000312. The van der Waals surface area contributed by atoms with E-state index in [0.29, 0.717) is 17.9 Å². The fourth-order valence-electron chi connectivity index (χ4n) is 2.45. The van der Waals surface area contributed by atoms with Gasteiger partial charge >= 0.3 is 0 Å². The van der Waals surface area contributed by atoms with Gasteiger partial charge in [0.1, 0.15) is 5.82 Å². The van der Waals surface area contributed by atoms with Crippen LogP contribution in [0.1, 0.15) is 34.5 Å². The van der Waals surface area contributed by atoms with Crippen LogP contribution >= 0.6 is 12.4 Å². The highest BCUT2D eigenvalue weighted by Crippen LogP contribution is 2.26. The number of aromatic nitrogens is 1. The van der Waals surface area contributed by atoms with Gasteiger partial charge in [-0.25, -0.2) is 4.98 Å². The smallest absolute Gasteiger partial charge is 0.251 e. The number of unbranched alkanes of at least 4 members (excludes halogenated alkanes) is 1. The van der Waals surface area contributed by atoms with Crippen LogP contribution in [-0.4, -0.2) is 29.7 Å². The summed E-state index contributed by atoms with van der Waals surface area (Å²) in [4.78, 5) is 16.4. The number of aromatic hydroxyl groups is 1. The van der Waals surface area contributed by atoms with Gasteiger partial charge in [-0.1, -0.05) is 0 Å².